The number of thiophene rings is 1. The molecule has 1 saturated heterocycles. The number of amides is 1. The molecule has 6 heteroatoms. The van der Waals surface area contributed by atoms with Gasteiger partial charge in [-0.2, -0.15) is 0 Å². The zero-order valence-corrected chi connectivity index (χ0v) is 13.3. The van der Waals surface area contributed by atoms with Crippen LogP contribution in [0.1, 0.15) is 28.1 Å². The van der Waals surface area contributed by atoms with E-state index in [0.717, 1.165) is 18.9 Å². The van der Waals surface area contributed by atoms with Crippen LogP contribution in [0.5, 0.6) is 0 Å². The minimum absolute atomic E-state index is 0.00485. The number of benzene rings is 1. The lowest BCUT2D eigenvalue weighted by atomic mass is 10.1. The van der Waals surface area contributed by atoms with Crippen LogP contribution in [-0.4, -0.2) is 30.0 Å². The molecule has 3 rings (SSSR count). The Hall–Kier alpha value is -1.79. The summed E-state index contributed by atoms with van der Waals surface area (Å²) in [6, 6.07) is 7.71. The van der Waals surface area contributed by atoms with Crippen molar-refractivity contribution in [3.8, 4) is 0 Å². The molecule has 0 saturated carbocycles. The molecule has 1 aromatic carbocycles. The highest BCUT2D eigenvalue weighted by Gasteiger charge is 2.25. The largest absolute Gasteiger partial charge is 0.372 e. The van der Waals surface area contributed by atoms with Crippen LogP contribution in [0.3, 0.4) is 0 Å². The van der Waals surface area contributed by atoms with Crippen LogP contribution in [-0.2, 0) is 11.3 Å². The Kier molecular flexibility index (Phi) is 5.03. The highest BCUT2D eigenvalue weighted by molar-refractivity contribution is 7.12. The topological polar surface area (TPSA) is 29.5 Å². The molecular weight excluding hydrogens is 320 g/mol. The second kappa shape index (κ2) is 7.19. The second-order valence-electron chi connectivity index (χ2n) is 5.52. The van der Waals surface area contributed by atoms with E-state index in [1.807, 2.05) is 11.4 Å². The molecule has 2 heterocycles. The van der Waals surface area contributed by atoms with Gasteiger partial charge in [0.2, 0.25) is 0 Å². The first-order chi connectivity index (χ1) is 11.1. The van der Waals surface area contributed by atoms with Crippen molar-refractivity contribution in [3.05, 3.63) is 57.8 Å². The summed E-state index contributed by atoms with van der Waals surface area (Å²) in [6.07, 6.45) is 1.49. The van der Waals surface area contributed by atoms with E-state index < -0.39 is 11.6 Å². The molecule has 0 N–H and O–H groups in total. The lowest BCUT2D eigenvalue weighted by Gasteiger charge is -2.32. The van der Waals surface area contributed by atoms with Gasteiger partial charge >= 0.3 is 0 Å². The van der Waals surface area contributed by atoms with E-state index in [4.69, 9.17) is 4.74 Å². The number of rotatable bonds is 4. The van der Waals surface area contributed by atoms with Crippen molar-refractivity contribution in [1.82, 2.24) is 4.90 Å². The van der Waals surface area contributed by atoms with Crippen molar-refractivity contribution in [1.29, 1.82) is 0 Å². The summed E-state index contributed by atoms with van der Waals surface area (Å²) in [7, 11) is 0. The highest BCUT2D eigenvalue weighted by Crippen LogP contribution is 2.20. The monoisotopic (exact) mass is 337 g/mol. The van der Waals surface area contributed by atoms with Gasteiger partial charge in [0.25, 0.3) is 5.91 Å². The predicted molar refractivity (Wildman–Crippen MR) is 84.4 cm³/mol. The predicted octanol–water partition coefficient (Wildman–Crippen LogP) is 3.85. The lowest BCUT2D eigenvalue weighted by molar-refractivity contribution is -0.00763. The van der Waals surface area contributed by atoms with Crippen molar-refractivity contribution >= 4 is 17.2 Å². The molecule has 3 nitrogen and oxygen atoms in total. The average Bonchev–Trinajstić information content (AvgIpc) is 3.10. The van der Waals surface area contributed by atoms with Gasteiger partial charge in [-0.05, 0) is 30.4 Å². The molecule has 0 bridgehead atoms. The van der Waals surface area contributed by atoms with Gasteiger partial charge in [0.1, 0.15) is 0 Å². The van der Waals surface area contributed by atoms with E-state index in [0.29, 0.717) is 18.0 Å². The van der Waals surface area contributed by atoms with Crippen LogP contribution < -0.4 is 0 Å². The third-order valence-electron chi connectivity index (χ3n) is 3.90. The molecule has 1 aliphatic heterocycles. The summed E-state index contributed by atoms with van der Waals surface area (Å²) >= 11 is 1.42. The Bertz CT molecular complexity index is 675. The Morgan fingerprint density at radius 1 is 1.30 bits per heavy atom. The van der Waals surface area contributed by atoms with Gasteiger partial charge in [0.15, 0.2) is 11.6 Å². The third-order valence-corrected chi connectivity index (χ3v) is 4.76. The summed E-state index contributed by atoms with van der Waals surface area (Å²) < 4.78 is 32.5. The number of nitrogens with zero attached hydrogens (tertiary/aromatic N) is 1. The number of piperidine rings is 1. The van der Waals surface area contributed by atoms with E-state index in [9.17, 15) is 13.6 Å². The Labute approximate surface area is 137 Å². The smallest absolute Gasteiger partial charge is 0.264 e. The summed E-state index contributed by atoms with van der Waals surface area (Å²) in [5.74, 6) is -1.73. The fraction of sp³-hybridized carbons (Fsp3) is 0.353. The molecule has 1 atom stereocenters. The van der Waals surface area contributed by atoms with Gasteiger partial charge in [-0.15, -0.1) is 11.3 Å². The number of likely N-dealkylation sites (tertiary alicyclic amines) is 1. The van der Waals surface area contributed by atoms with Crippen LogP contribution in [0.25, 0.3) is 0 Å². The van der Waals surface area contributed by atoms with Gasteiger partial charge in [0.05, 0.1) is 17.6 Å². The Morgan fingerprint density at radius 3 is 2.96 bits per heavy atom. The Morgan fingerprint density at radius 2 is 2.17 bits per heavy atom. The molecule has 0 aliphatic carbocycles. The van der Waals surface area contributed by atoms with Crippen molar-refractivity contribution in [3.63, 3.8) is 0 Å². The number of carbonyl (C=O) groups excluding carboxylic acids is 1. The van der Waals surface area contributed by atoms with E-state index in [-0.39, 0.29) is 24.2 Å². The fourth-order valence-corrected chi connectivity index (χ4v) is 3.37. The molecule has 1 aliphatic rings. The number of carbonyl (C=O) groups is 1. The maximum Gasteiger partial charge on any atom is 0.264 e. The van der Waals surface area contributed by atoms with E-state index in [1.165, 1.54) is 23.5 Å². The fourth-order valence-electron chi connectivity index (χ4n) is 2.68. The third kappa shape index (κ3) is 3.76. The van der Waals surface area contributed by atoms with Crippen molar-refractivity contribution in [2.45, 2.75) is 25.6 Å². The van der Waals surface area contributed by atoms with Gasteiger partial charge < -0.3 is 9.64 Å². The first kappa shape index (κ1) is 16.1. The van der Waals surface area contributed by atoms with Crippen molar-refractivity contribution in [2.24, 2.45) is 0 Å². The molecule has 23 heavy (non-hydrogen) atoms. The quantitative estimate of drug-likeness (QED) is 0.848. The van der Waals surface area contributed by atoms with Crippen LogP contribution in [0.15, 0.2) is 35.7 Å². The first-order valence-electron chi connectivity index (χ1n) is 7.52. The first-order valence-corrected chi connectivity index (χ1v) is 8.40. The van der Waals surface area contributed by atoms with E-state index in [1.54, 1.807) is 11.0 Å². The standard InChI is InChI=1S/C17H17F2NO2S/c18-14-6-1-4-12(16(14)19)11-22-13-5-2-8-20(10-13)17(21)15-7-3-9-23-15/h1,3-4,6-7,9,13H,2,5,8,10-11H2. The number of ether oxygens (including phenoxy) is 1. The summed E-state index contributed by atoms with van der Waals surface area (Å²) in [5.41, 5.74) is 0.201. The maximum absolute atomic E-state index is 13.6. The minimum Gasteiger partial charge on any atom is -0.372 e. The molecule has 1 fully saturated rings. The van der Waals surface area contributed by atoms with Crippen LogP contribution >= 0.6 is 11.3 Å². The molecule has 122 valence electrons. The van der Waals surface area contributed by atoms with E-state index in [2.05, 4.69) is 0 Å². The van der Waals surface area contributed by atoms with Gasteiger partial charge in [-0.1, -0.05) is 18.2 Å². The molecule has 2 aromatic rings. The van der Waals surface area contributed by atoms with Gasteiger partial charge in [0, 0.05) is 18.7 Å². The summed E-state index contributed by atoms with van der Waals surface area (Å²) in [6.45, 7) is 1.19. The lowest BCUT2D eigenvalue weighted by Crippen LogP contribution is -2.43. The molecule has 1 aromatic heterocycles. The molecule has 0 radical (unpaired) electrons. The van der Waals surface area contributed by atoms with E-state index >= 15 is 0 Å². The highest BCUT2D eigenvalue weighted by atomic mass is 32.1. The Balaban J connectivity index is 1.59. The van der Waals surface area contributed by atoms with Crippen molar-refractivity contribution in [2.75, 3.05) is 13.1 Å². The SMILES string of the molecule is O=C(c1cccs1)N1CCCC(OCc2cccc(F)c2F)C1. The van der Waals surface area contributed by atoms with Crippen molar-refractivity contribution < 1.29 is 18.3 Å². The van der Waals surface area contributed by atoms with Crippen LogP contribution in [0, 0.1) is 11.6 Å². The van der Waals surface area contributed by atoms with Crippen LogP contribution in [0.2, 0.25) is 0 Å². The number of hydrogen-bond donors (Lipinski definition) is 0. The van der Waals surface area contributed by atoms with Crippen LogP contribution in [0.4, 0.5) is 8.78 Å². The molecule has 1 unspecified atom stereocenters. The average molecular weight is 337 g/mol. The summed E-state index contributed by atoms with van der Waals surface area (Å²) in [4.78, 5) is 14.8. The number of halogens is 2. The molecular formula is C17H17F2NO2S. The zero-order chi connectivity index (χ0) is 16.2. The molecule has 0 spiro atoms. The zero-order valence-electron chi connectivity index (χ0n) is 12.5. The maximum atomic E-state index is 13.6. The van der Waals surface area contributed by atoms with Gasteiger partial charge in [-0.25, -0.2) is 8.78 Å². The summed E-state index contributed by atoms with van der Waals surface area (Å²) in [5, 5.41) is 1.87. The van der Waals surface area contributed by atoms with Gasteiger partial charge in [-0.3, -0.25) is 4.79 Å². The second-order valence-corrected chi connectivity index (χ2v) is 6.46. The molecule has 1 amide bonds. The minimum atomic E-state index is -0.871. The number of hydrogen-bond acceptors (Lipinski definition) is 3. The normalized spacial score (nSPS) is 18.2.